The molecule has 0 radical (unpaired) electrons. The van der Waals surface area contributed by atoms with Crippen LogP contribution in [-0.4, -0.2) is 61.4 Å². The zero-order valence-electron chi connectivity index (χ0n) is 10.3. The van der Waals surface area contributed by atoms with Crippen LogP contribution in [-0.2, 0) is 9.84 Å². The van der Waals surface area contributed by atoms with Crippen LogP contribution in [0.25, 0.3) is 0 Å². The third kappa shape index (κ3) is 2.31. The molecule has 2 unspecified atom stereocenters. The highest BCUT2D eigenvalue weighted by Crippen LogP contribution is 2.26. The van der Waals surface area contributed by atoms with Crippen LogP contribution in [0.2, 0.25) is 0 Å². The van der Waals surface area contributed by atoms with E-state index >= 15 is 0 Å². The standard InChI is InChI=1S/C11H19N3O2S/c1-11(2)8-14(5-6-17(11,15)16)10-3-4-13-7-9(10)12/h3,9-10H,5-8,12H2,1-2H3. The summed E-state index contributed by atoms with van der Waals surface area (Å²) in [7, 11) is -2.99. The van der Waals surface area contributed by atoms with Crippen LogP contribution in [0.15, 0.2) is 11.1 Å². The molecule has 0 bridgehead atoms. The Kier molecular flexibility index (Phi) is 3.16. The van der Waals surface area contributed by atoms with E-state index in [1.165, 1.54) is 0 Å². The molecule has 0 aliphatic carbocycles. The zero-order valence-corrected chi connectivity index (χ0v) is 11.1. The molecule has 2 aliphatic heterocycles. The van der Waals surface area contributed by atoms with Gasteiger partial charge in [0, 0.05) is 19.1 Å². The summed E-state index contributed by atoms with van der Waals surface area (Å²) in [6.45, 7) is 5.18. The number of rotatable bonds is 1. The van der Waals surface area contributed by atoms with Crippen molar-refractivity contribution in [1.29, 1.82) is 0 Å². The van der Waals surface area contributed by atoms with Crippen molar-refractivity contribution in [2.45, 2.75) is 30.7 Å². The lowest BCUT2D eigenvalue weighted by Gasteiger charge is -2.42. The maximum Gasteiger partial charge on any atom is 0.157 e. The van der Waals surface area contributed by atoms with Crippen LogP contribution in [0, 0.1) is 0 Å². The number of nitrogens with zero attached hydrogens (tertiary/aromatic N) is 2. The molecule has 0 aromatic rings. The summed E-state index contributed by atoms with van der Waals surface area (Å²) in [5.74, 6) is 3.04. The summed E-state index contributed by atoms with van der Waals surface area (Å²) < 4.78 is 23.1. The Morgan fingerprint density at radius 3 is 2.82 bits per heavy atom. The molecule has 0 aromatic carbocycles. The first-order chi connectivity index (χ1) is 7.83. The highest BCUT2D eigenvalue weighted by Gasteiger charge is 2.42. The van der Waals surface area contributed by atoms with Crippen LogP contribution in [0.1, 0.15) is 13.8 Å². The van der Waals surface area contributed by atoms with Gasteiger partial charge in [-0.2, -0.15) is 0 Å². The second-order valence-electron chi connectivity index (χ2n) is 5.34. The molecule has 96 valence electrons. The topological polar surface area (TPSA) is 75.8 Å². The van der Waals surface area contributed by atoms with Gasteiger partial charge in [-0.05, 0) is 25.8 Å². The molecule has 1 saturated heterocycles. The van der Waals surface area contributed by atoms with Gasteiger partial charge in [0.05, 0.1) is 23.1 Å². The average molecular weight is 257 g/mol. The van der Waals surface area contributed by atoms with Crippen molar-refractivity contribution in [3.05, 3.63) is 6.08 Å². The zero-order chi connectivity index (χ0) is 12.7. The SMILES string of the molecule is CC1(C)CN(C2C=C=NCC2N)CCS1(=O)=O. The highest BCUT2D eigenvalue weighted by molar-refractivity contribution is 7.92. The van der Waals surface area contributed by atoms with Gasteiger partial charge in [-0.15, -0.1) is 0 Å². The highest BCUT2D eigenvalue weighted by atomic mass is 32.2. The van der Waals surface area contributed by atoms with Gasteiger partial charge in [0.25, 0.3) is 0 Å². The third-order valence-electron chi connectivity index (χ3n) is 3.57. The molecule has 0 spiro atoms. The molecule has 2 rings (SSSR count). The Labute approximate surface area is 102 Å². The van der Waals surface area contributed by atoms with E-state index in [-0.39, 0.29) is 17.8 Å². The van der Waals surface area contributed by atoms with Crippen molar-refractivity contribution in [2.24, 2.45) is 10.7 Å². The molecule has 0 saturated carbocycles. The van der Waals surface area contributed by atoms with E-state index in [0.717, 1.165) is 0 Å². The number of hydrogen-bond acceptors (Lipinski definition) is 5. The van der Waals surface area contributed by atoms with Crippen molar-refractivity contribution in [3.63, 3.8) is 0 Å². The minimum atomic E-state index is -2.99. The second kappa shape index (κ2) is 4.21. The van der Waals surface area contributed by atoms with Crippen LogP contribution < -0.4 is 5.73 Å². The first kappa shape index (κ1) is 12.8. The van der Waals surface area contributed by atoms with Gasteiger partial charge in [-0.1, -0.05) is 0 Å². The molecule has 2 atom stereocenters. The van der Waals surface area contributed by atoms with Gasteiger partial charge in [-0.25, -0.2) is 13.4 Å². The fourth-order valence-corrected chi connectivity index (χ4v) is 3.72. The summed E-state index contributed by atoms with van der Waals surface area (Å²) in [6.07, 6.45) is 1.85. The van der Waals surface area contributed by atoms with Crippen molar-refractivity contribution < 1.29 is 8.42 Å². The molecule has 1 fully saturated rings. The summed E-state index contributed by atoms with van der Waals surface area (Å²) >= 11 is 0. The quantitative estimate of drug-likeness (QED) is 0.682. The lowest BCUT2D eigenvalue weighted by molar-refractivity contribution is 0.189. The van der Waals surface area contributed by atoms with Crippen LogP contribution in [0.4, 0.5) is 0 Å². The molecule has 6 heteroatoms. The van der Waals surface area contributed by atoms with Gasteiger partial charge < -0.3 is 5.73 Å². The predicted octanol–water partition coefficient (Wildman–Crippen LogP) is -0.569. The average Bonchev–Trinajstić information content (AvgIpc) is 2.23. The summed E-state index contributed by atoms with van der Waals surface area (Å²) in [6, 6.07) is -0.00451. The largest absolute Gasteiger partial charge is 0.324 e. The van der Waals surface area contributed by atoms with E-state index in [0.29, 0.717) is 19.6 Å². The summed E-state index contributed by atoms with van der Waals surface area (Å²) in [4.78, 5) is 6.12. The van der Waals surface area contributed by atoms with Gasteiger partial charge in [0.2, 0.25) is 0 Å². The van der Waals surface area contributed by atoms with Crippen molar-refractivity contribution in [1.82, 2.24) is 4.90 Å². The predicted molar refractivity (Wildman–Crippen MR) is 68.1 cm³/mol. The molecule has 5 nitrogen and oxygen atoms in total. The lowest BCUT2D eigenvalue weighted by atomic mass is 10.0. The minimum absolute atomic E-state index is 0.0577. The van der Waals surface area contributed by atoms with Crippen LogP contribution in [0.3, 0.4) is 0 Å². The van der Waals surface area contributed by atoms with Crippen molar-refractivity contribution in [3.8, 4) is 0 Å². The monoisotopic (exact) mass is 257 g/mol. The summed E-state index contributed by atoms with van der Waals surface area (Å²) in [5.41, 5.74) is 6.01. The van der Waals surface area contributed by atoms with E-state index < -0.39 is 14.6 Å². The Hall–Kier alpha value is -0.680. The van der Waals surface area contributed by atoms with Gasteiger partial charge in [-0.3, -0.25) is 4.90 Å². The Bertz CT molecular complexity index is 463. The van der Waals surface area contributed by atoms with Gasteiger partial charge in [0.15, 0.2) is 9.84 Å². The molecule has 2 aliphatic rings. The number of hydrogen-bond donors (Lipinski definition) is 1. The van der Waals surface area contributed by atoms with E-state index in [9.17, 15) is 8.42 Å². The second-order valence-corrected chi connectivity index (χ2v) is 8.08. The Morgan fingerprint density at radius 1 is 1.53 bits per heavy atom. The molecule has 2 heterocycles. The number of aliphatic imine (C=N–C) groups is 1. The van der Waals surface area contributed by atoms with E-state index in [4.69, 9.17) is 5.73 Å². The smallest absolute Gasteiger partial charge is 0.157 e. The van der Waals surface area contributed by atoms with Gasteiger partial charge in [0.1, 0.15) is 0 Å². The number of nitrogens with two attached hydrogens (primary N) is 1. The lowest BCUT2D eigenvalue weighted by Crippen LogP contribution is -2.59. The molecule has 2 N–H and O–H groups in total. The first-order valence-electron chi connectivity index (χ1n) is 5.81. The van der Waals surface area contributed by atoms with E-state index in [1.807, 2.05) is 6.08 Å². The fraction of sp³-hybridized carbons (Fsp3) is 0.818. The third-order valence-corrected chi connectivity index (χ3v) is 6.10. The van der Waals surface area contributed by atoms with E-state index in [1.54, 1.807) is 13.8 Å². The first-order valence-corrected chi connectivity index (χ1v) is 7.46. The fourth-order valence-electron chi connectivity index (χ4n) is 2.33. The van der Waals surface area contributed by atoms with Crippen LogP contribution in [0.5, 0.6) is 0 Å². The summed E-state index contributed by atoms with van der Waals surface area (Å²) in [5, 5.41) is 0. The Balaban J connectivity index is 2.19. The van der Waals surface area contributed by atoms with Gasteiger partial charge >= 0.3 is 0 Å². The van der Waals surface area contributed by atoms with Crippen LogP contribution >= 0.6 is 0 Å². The molecule has 0 aromatic heterocycles. The molecular weight excluding hydrogens is 238 g/mol. The van der Waals surface area contributed by atoms with E-state index in [2.05, 4.69) is 15.8 Å². The maximum atomic E-state index is 11.9. The Morgan fingerprint density at radius 2 is 2.24 bits per heavy atom. The molecular formula is C11H19N3O2S. The molecule has 0 amide bonds. The van der Waals surface area contributed by atoms with Crippen molar-refractivity contribution in [2.75, 3.05) is 25.4 Å². The number of sulfone groups is 1. The normalized spacial score (nSPS) is 35.9. The van der Waals surface area contributed by atoms with Crippen molar-refractivity contribution >= 4 is 15.7 Å². The minimum Gasteiger partial charge on any atom is -0.324 e. The maximum absolute atomic E-state index is 11.9. The molecule has 17 heavy (non-hydrogen) atoms.